The second kappa shape index (κ2) is 10.5. The van der Waals surface area contributed by atoms with Crippen molar-refractivity contribution in [2.24, 2.45) is 0 Å². The molecule has 0 radical (unpaired) electrons. The average molecular weight is 422 g/mol. The lowest BCUT2D eigenvalue weighted by molar-refractivity contribution is -0.113. The van der Waals surface area contributed by atoms with Gasteiger partial charge in [-0.3, -0.25) is 9.36 Å². The van der Waals surface area contributed by atoms with Crippen molar-refractivity contribution in [2.45, 2.75) is 16.6 Å². The lowest BCUT2D eigenvalue weighted by Crippen LogP contribution is -2.15. The molecule has 0 aliphatic heterocycles. The van der Waals surface area contributed by atoms with E-state index in [1.54, 1.807) is 6.08 Å². The summed E-state index contributed by atoms with van der Waals surface area (Å²) in [5.41, 5.74) is 1.66. The highest BCUT2D eigenvalue weighted by Gasteiger charge is 2.15. The van der Waals surface area contributed by atoms with Gasteiger partial charge in [-0.15, -0.1) is 28.5 Å². The van der Waals surface area contributed by atoms with Crippen molar-refractivity contribution in [1.82, 2.24) is 14.8 Å². The van der Waals surface area contributed by atoms with Crippen LogP contribution in [0.4, 0.5) is 5.69 Å². The molecule has 29 heavy (non-hydrogen) atoms. The number of amides is 1. The summed E-state index contributed by atoms with van der Waals surface area (Å²) < 4.78 is 1.94. The van der Waals surface area contributed by atoms with E-state index in [0.717, 1.165) is 16.3 Å². The molecule has 0 saturated heterocycles. The van der Waals surface area contributed by atoms with Crippen LogP contribution in [-0.2, 0) is 11.3 Å². The Balaban J connectivity index is 1.69. The van der Waals surface area contributed by atoms with Gasteiger partial charge in [-0.2, -0.15) is 5.26 Å². The quantitative estimate of drug-likeness (QED) is 0.405. The smallest absolute Gasteiger partial charge is 0.234 e. The van der Waals surface area contributed by atoms with Crippen LogP contribution in [0, 0.1) is 11.3 Å². The molecule has 1 aromatic heterocycles. The number of nitrogens with one attached hydrogen (secondary N) is 1. The molecule has 0 bridgehead atoms. The van der Waals surface area contributed by atoms with Gasteiger partial charge in [0.05, 0.1) is 23.3 Å². The molecule has 0 unspecified atom stereocenters. The second-order valence-corrected chi connectivity index (χ2v) is 7.81. The number of para-hydroxylation sites is 1. The van der Waals surface area contributed by atoms with Gasteiger partial charge in [0.15, 0.2) is 11.0 Å². The van der Waals surface area contributed by atoms with Gasteiger partial charge in [0.25, 0.3) is 0 Å². The van der Waals surface area contributed by atoms with E-state index in [1.165, 1.54) is 23.5 Å². The molecule has 0 atom stereocenters. The topological polar surface area (TPSA) is 83.6 Å². The molecule has 0 spiro atoms. The summed E-state index contributed by atoms with van der Waals surface area (Å²) in [6.45, 7) is 4.36. The van der Waals surface area contributed by atoms with Crippen molar-refractivity contribution in [3.8, 4) is 17.5 Å². The zero-order chi connectivity index (χ0) is 20.5. The Morgan fingerprint density at radius 1 is 1.14 bits per heavy atom. The maximum Gasteiger partial charge on any atom is 0.234 e. The van der Waals surface area contributed by atoms with Crippen LogP contribution < -0.4 is 5.32 Å². The molecule has 3 rings (SSSR count). The number of carbonyl (C=O) groups excluding carboxylic acids is 1. The summed E-state index contributed by atoms with van der Waals surface area (Å²) in [5, 5.41) is 20.9. The maximum atomic E-state index is 12.5. The Hall–Kier alpha value is -3.02. The first-order valence-corrected chi connectivity index (χ1v) is 10.8. The predicted octanol–water partition coefficient (Wildman–Crippen LogP) is 4.48. The molecule has 1 N–H and O–H groups in total. The first-order chi connectivity index (χ1) is 14.2. The monoisotopic (exact) mass is 421 g/mol. The standard InChI is InChI=1S/C21H19N5OS2/c1-2-13-26-20(16-8-4-3-5-9-16)24-25-21(26)29-15-19(27)23-17-10-6-7-11-18(17)28-14-12-22/h2-11H,1,13-15H2,(H,23,27). The van der Waals surface area contributed by atoms with Crippen LogP contribution in [0.2, 0.25) is 0 Å². The highest BCUT2D eigenvalue weighted by Crippen LogP contribution is 2.28. The fraction of sp³-hybridized carbons (Fsp3) is 0.143. The third-order valence-corrected chi connectivity index (χ3v) is 5.75. The van der Waals surface area contributed by atoms with E-state index in [-0.39, 0.29) is 11.7 Å². The number of hydrogen-bond acceptors (Lipinski definition) is 6. The molecule has 0 fully saturated rings. The van der Waals surface area contributed by atoms with Crippen LogP contribution in [-0.4, -0.2) is 32.2 Å². The summed E-state index contributed by atoms with van der Waals surface area (Å²) in [6, 6.07) is 19.3. The molecule has 8 heteroatoms. The number of aromatic nitrogens is 3. The number of anilines is 1. The Morgan fingerprint density at radius 2 is 1.90 bits per heavy atom. The number of benzene rings is 2. The van der Waals surface area contributed by atoms with Gasteiger partial charge in [0, 0.05) is 17.0 Å². The van der Waals surface area contributed by atoms with Crippen molar-refractivity contribution < 1.29 is 4.79 Å². The van der Waals surface area contributed by atoms with Crippen LogP contribution >= 0.6 is 23.5 Å². The van der Waals surface area contributed by atoms with Gasteiger partial charge in [-0.05, 0) is 12.1 Å². The molecule has 1 amide bonds. The first kappa shape index (κ1) is 20.7. The second-order valence-electron chi connectivity index (χ2n) is 5.85. The van der Waals surface area contributed by atoms with Gasteiger partial charge in [-0.25, -0.2) is 0 Å². The van der Waals surface area contributed by atoms with Gasteiger partial charge in [0.1, 0.15) is 0 Å². The Morgan fingerprint density at radius 3 is 2.66 bits per heavy atom. The Labute approximate surface area is 178 Å². The van der Waals surface area contributed by atoms with Gasteiger partial charge in [0.2, 0.25) is 5.91 Å². The minimum absolute atomic E-state index is 0.144. The molecule has 146 valence electrons. The largest absolute Gasteiger partial charge is 0.324 e. The maximum absolute atomic E-state index is 12.5. The number of rotatable bonds is 9. The number of hydrogen-bond donors (Lipinski definition) is 1. The fourth-order valence-electron chi connectivity index (χ4n) is 2.61. The predicted molar refractivity (Wildman–Crippen MR) is 118 cm³/mol. The average Bonchev–Trinajstić information content (AvgIpc) is 3.15. The summed E-state index contributed by atoms with van der Waals surface area (Å²) in [4.78, 5) is 13.3. The number of thioether (sulfide) groups is 2. The number of nitriles is 1. The van der Waals surface area contributed by atoms with Crippen molar-refractivity contribution in [2.75, 3.05) is 16.8 Å². The number of nitrogens with zero attached hydrogens (tertiary/aromatic N) is 4. The Kier molecular flexibility index (Phi) is 7.50. The summed E-state index contributed by atoms with van der Waals surface area (Å²) in [7, 11) is 0. The fourth-order valence-corrected chi connectivity index (χ4v) is 4.03. The molecule has 6 nitrogen and oxygen atoms in total. The minimum atomic E-state index is -0.144. The number of allylic oxidation sites excluding steroid dienone is 1. The molecule has 1 heterocycles. The lowest BCUT2D eigenvalue weighted by atomic mass is 10.2. The first-order valence-electron chi connectivity index (χ1n) is 8.84. The zero-order valence-corrected chi connectivity index (χ0v) is 17.2. The third-order valence-electron chi connectivity index (χ3n) is 3.85. The van der Waals surface area contributed by atoms with Gasteiger partial charge in [-0.1, -0.05) is 60.3 Å². The van der Waals surface area contributed by atoms with E-state index >= 15 is 0 Å². The molecular weight excluding hydrogens is 402 g/mol. The SMILES string of the molecule is C=CCn1c(SCC(=O)Nc2ccccc2SCC#N)nnc1-c1ccccc1. The molecule has 0 aliphatic rings. The normalized spacial score (nSPS) is 10.3. The van der Waals surface area contributed by atoms with Crippen LogP contribution in [0.1, 0.15) is 0 Å². The van der Waals surface area contributed by atoms with E-state index in [9.17, 15) is 4.79 Å². The van der Waals surface area contributed by atoms with Gasteiger partial charge >= 0.3 is 0 Å². The van der Waals surface area contributed by atoms with Crippen LogP contribution in [0.15, 0.2) is 77.3 Å². The van der Waals surface area contributed by atoms with Gasteiger partial charge < -0.3 is 5.32 Å². The van der Waals surface area contributed by atoms with E-state index in [0.29, 0.717) is 23.1 Å². The minimum Gasteiger partial charge on any atom is -0.324 e. The van der Waals surface area contributed by atoms with E-state index < -0.39 is 0 Å². The van der Waals surface area contributed by atoms with E-state index in [1.807, 2.05) is 59.2 Å². The highest BCUT2D eigenvalue weighted by atomic mass is 32.2. The van der Waals surface area contributed by atoms with Crippen molar-refractivity contribution in [3.05, 3.63) is 67.3 Å². The van der Waals surface area contributed by atoms with Crippen LogP contribution in [0.3, 0.4) is 0 Å². The lowest BCUT2D eigenvalue weighted by Gasteiger charge is -2.10. The van der Waals surface area contributed by atoms with Crippen molar-refractivity contribution in [3.63, 3.8) is 0 Å². The molecule has 3 aromatic rings. The Bertz CT molecular complexity index is 1030. The van der Waals surface area contributed by atoms with Crippen molar-refractivity contribution in [1.29, 1.82) is 5.26 Å². The molecule has 0 aliphatic carbocycles. The van der Waals surface area contributed by atoms with Crippen LogP contribution in [0.5, 0.6) is 0 Å². The van der Waals surface area contributed by atoms with Crippen LogP contribution in [0.25, 0.3) is 11.4 Å². The molecule has 0 saturated carbocycles. The van der Waals surface area contributed by atoms with E-state index in [2.05, 4.69) is 28.2 Å². The van der Waals surface area contributed by atoms with Crippen molar-refractivity contribution >= 4 is 35.1 Å². The summed E-state index contributed by atoms with van der Waals surface area (Å²) in [6.07, 6.45) is 1.78. The molecular formula is C21H19N5OS2. The third kappa shape index (κ3) is 5.50. The molecule has 2 aromatic carbocycles. The zero-order valence-electron chi connectivity index (χ0n) is 15.6. The highest BCUT2D eigenvalue weighted by molar-refractivity contribution is 8.00. The van der Waals surface area contributed by atoms with E-state index in [4.69, 9.17) is 5.26 Å². The summed E-state index contributed by atoms with van der Waals surface area (Å²) in [5.74, 6) is 1.12. The summed E-state index contributed by atoms with van der Waals surface area (Å²) >= 11 is 2.72. The number of carbonyl (C=O) groups is 1.